The SMILES string of the molecule is CCc1ccc(OCCCn2cc(/C=N/Nc3nc4ccccc4s3)c3ccccc32)cc1. The summed E-state index contributed by atoms with van der Waals surface area (Å²) in [6, 6.07) is 24.9. The molecule has 2 heterocycles. The monoisotopic (exact) mass is 454 g/mol. The fourth-order valence-electron chi connectivity index (χ4n) is 3.89. The molecule has 0 spiro atoms. The molecular formula is C27H26N4OS. The number of ether oxygens (including phenoxy) is 1. The topological polar surface area (TPSA) is 51.4 Å². The number of aromatic nitrogens is 2. The molecule has 0 bridgehead atoms. The number of hydrogen-bond acceptors (Lipinski definition) is 5. The summed E-state index contributed by atoms with van der Waals surface area (Å²) < 4.78 is 9.35. The van der Waals surface area contributed by atoms with Crippen LogP contribution in [0.4, 0.5) is 5.13 Å². The van der Waals surface area contributed by atoms with Crippen LogP contribution in [0.1, 0.15) is 24.5 Å². The molecule has 0 aliphatic carbocycles. The van der Waals surface area contributed by atoms with Crippen molar-refractivity contribution in [2.75, 3.05) is 12.0 Å². The Morgan fingerprint density at radius 1 is 1.03 bits per heavy atom. The first-order chi connectivity index (χ1) is 16.3. The molecule has 0 saturated heterocycles. The first kappa shape index (κ1) is 21.2. The van der Waals surface area contributed by atoms with Crippen molar-refractivity contribution in [1.82, 2.24) is 9.55 Å². The van der Waals surface area contributed by atoms with Gasteiger partial charge >= 0.3 is 0 Å². The fraction of sp³-hybridized carbons (Fsp3) is 0.185. The van der Waals surface area contributed by atoms with Gasteiger partial charge in [-0.3, -0.25) is 5.43 Å². The Morgan fingerprint density at radius 3 is 2.70 bits per heavy atom. The molecule has 6 heteroatoms. The second kappa shape index (κ2) is 9.88. The number of fused-ring (bicyclic) bond motifs is 2. The Kier molecular flexibility index (Phi) is 6.35. The van der Waals surface area contributed by atoms with Crippen LogP contribution in [0.5, 0.6) is 5.75 Å². The summed E-state index contributed by atoms with van der Waals surface area (Å²) in [7, 11) is 0. The summed E-state index contributed by atoms with van der Waals surface area (Å²) in [5.41, 5.74) is 7.68. The minimum absolute atomic E-state index is 0.681. The summed E-state index contributed by atoms with van der Waals surface area (Å²) >= 11 is 1.60. The van der Waals surface area contributed by atoms with Crippen molar-refractivity contribution in [3.05, 3.63) is 90.1 Å². The number of aryl methyl sites for hydroxylation is 2. The van der Waals surface area contributed by atoms with Crippen molar-refractivity contribution in [1.29, 1.82) is 0 Å². The quantitative estimate of drug-likeness (QED) is 0.153. The van der Waals surface area contributed by atoms with Crippen LogP contribution in [0.2, 0.25) is 0 Å². The third kappa shape index (κ3) is 4.91. The summed E-state index contributed by atoms with van der Waals surface area (Å²) in [4.78, 5) is 4.57. The minimum atomic E-state index is 0.681. The van der Waals surface area contributed by atoms with Crippen LogP contribution < -0.4 is 10.2 Å². The lowest BCUT2D eigenvalue weighted by Crippen LogP contribution is -2.03. The molecule has 0 saturated carbocycles. The molecule has 33 heavy (non-hydrogen) atoms. The molecule has 0 fully saturated rings. The van der Waals surface area contributed by atoms with E-state index < -0.39 is 0 Å². The molecule has 166 valence electrons. The highest BCUT2D eigenvalue weighted by atomic mass is 32.1. The highest BCUT2D eigenvalue weighted by Gasteiger charge is 2.07. The van der Waals surface area contributed by atoms with Gasteiger partial charge in [0.05, 0.1) is 23.0 Å². The number of hydrazone groups is 1. The van der Waals surface area contributed by atoms with E-state index in [2.05, 4.69) is 87.8 Å². The van der Waals surface area contributed by atoms with Gasteiger partial charge in [-0.1, -0.05) is 60.7 Å². The van der Waals surface area contributed by atoms with E-state index >= 15 is 0 Å². The van der Waals surface area contributed by atoms with Crippen molar-refractivity contribution in [3.63, 3.8) is 0 Å². The summed E-state index contributed by atoms with van der Waals surface area (Å²) in [5, 5.41) is 6.43. The lowest BCUT2D eigenvalue weighted by molar-refractivity contribution is 0.302. The van der Waals surface area contributed by atoms with Crippen molar-refractivity contribution >= 4 is 43.8 Å². The molecular weight excluding hydrogens is 428 g/mol. The summed E-state index contributed by atoms with van der Waals surface area (Å²) in [5.74, 6) is 0.929. The zero-order valence-corrected chi connectivity index (χ0v) is 19.4. The van der Waals surface area contributed by atoms with Crippen LogP contribution in [0.3, 0.4) is 0 Å². The van der Waals surface area contributed by atoms with Crippen LogP contribution in [0, 0.1) is 0 Å². The van der Waals surface area contributed by atoms with E-state index in [1.54, 1.807) is 11.3 Å². The van der Waals surface area contributed by atoms with Gasteiger partial charge in [-0.05, 0) is 48.7 Å². The highest BCUT2D eigenvalue weighted by molar-refractivity contribution is 7.22. The van der Waals surface area contributed by atoms with E-state index in [1.807, 2.05) is 24.4 Å². The first-order valence-corrected chi connectivity index (χ1v) is 12.1. The maximum Gasteiger partial charge on any atom is 0.204 e. The number of benzene rings is 3. The van der Waals surface area contributed by atoms with E-state index in [0.717, 1.165) is 46.0 Å². The van der Waals surface area contributed by atoms with Crippen molar-refractivity contribution in [3.8, 4) is 5.75 Å². The number of nitrogens with one attached hydrogen (secondary N) is 1. The number of thiazole rings is 1. The van der Waals surface area contributed by atoms with Gasteiger partial charge in [-0.2, -0.15) is 5.10 Å². The number of rotatable bonds is 9. The minimum Gasteiger partial charge on any atom is -0.494 e. The lowest BCUT2D eigenvalue weighted by Gasteiger charge is -2.08. The number of anilines is 1. The fourth-order valence-corrected chi connectivity index (χ4v) is 4.70. The molecule has 0 amide bonds. The van der Waals surface area contributed by atoms with Crippen LogP contribution >= 0.6 is 11.3 Å². The Labute approximate surface area is 197 Å². The summed E-state index contributed by atoms with van der Waals surface area (Å²) in [6.07, 6.45) is 6.00. The van der Waals surface area contributed by atoms with Gasteiger partial charge in [-0.15, -0.1) is 0 Å². The predicted molar refractivity (Wildman–Crippen MR) is 139 cm³/mol. The number of para-hydroxylation sites is 2. The molecule has 0 radical (unpaired) electrons. The molecule has 0 aliphatic heterocycles. The van der Waals surface area contributed by atoms with Gasteiger partial charge in [0.15, 0.2) is 0 Å². The van der Waals surface area contributed by atoms with Crippen LogP contribution in [0.15, 0.2) is 84.1 Å². The zero-order valence-electron chi connectivity index (χ0n) is 18.6. The molecule has 3 aromatic carbocycles. The molecule has 2 aromatic heterocycles. The molecule has 5 rings (SSSR count). The average molecular weight is 455 g/mol. The second-order valence-electron chi connectivity index (χ2n) is 7.85. The Balaban J connectivity index is 1.23. The van der Waals surface area contributed by atoms with E-state index in [-0.39, 0.29) is 0 Å². The molecule has 1 N–H and O–H groups in total. The van der Waals surface area contributed by atoms with Crippen LogP contribution in [0.25, 0.3) is 21.1 Å². The largest absolute Gasteiger partial charge is 0.494 e. The molecule has 0 aliphatic rings. The standard InChI is InChI=1S/C27H26N4OS/c1-2-20-12-14-22(15-13-20)32-17-7-16-31-19-21(23-8-3-5-10-25(23)31)18-28-30-27-29-24-9-4-6-11-26(24)33-27/h3-6,8-15,18-19H,2,7,16-17H2,1H3,(H,29,30)/b28-18+. The van der Waals surface area contributed by atoms with Gasteiger partial charge in [0, 0.05) is 29.2 Å². The first-order valence-electron chi connectivity index (χ1n) is 11.2. The third-order valence-corrected chi connectivity index (χ3v) is 6.56. The van der Waals surface area contributed by atoms with E-state index in [4.69, 9.17) is 4.74 Å². The van der Waals surface area contributed by atoms with E-state index in [1.165, 1.54) is 16.5 Å². The number of hydrogen-bond donors (Lipinski definition) is 1. The van der Waals surface area contributed by atoms with Gasteiger partial charge in [0.25, 0.3) is 0 Å². The van der Waals surface area contributed by atoms with Crippen LogP contribution in [-0.2, 0) is 13.0 Å². The Hall–Kier alpha value is -3.64. The zero-order chi connectivity index (χ0) is 22.5. The highest BCUT2D eigenvalue weighted by Crippen LogP contribution is 2.25. The van der Waals surface area contributed by atoms with Gasteiger partial charge in [0.1, 0.15) is 5.75 Å². The smallest absolute Gasteiger partial charge is 0.204 e. The Bertz CT molecular complexity index is 1350. The predicted octanol–water partition coefficient (Wildman–Crippen LogP) is 6.73. The maximum absolute atomic E-state index is 5.93. The molecule has 5 nitrogen and oxygen atoms in total. The normalized spacial score (nSPS) is 11.5. The molecule has 5 aromatic rings. The van der Waals surface area contributed by atoms with E-state index in [9.17, 15) is 0 Å². The van der Waals surface area contributed by atoms with Crippen molar-refractivity contribution < 1.29 is 4.74 Å². The van der Waals surface area contributed by atoms with Crippen LogP contribution in [-0.4, -0.2) is 22.4 Å². The second-order valence-corrected chi connectivity index (χ2v) is 8.88. The maximum atomic E-state index is 5.93. The third-order valence-electron chi connectivity index (χ3n) is 5.62. The van der Waals surface area contributed by atoms with Crippen molar-refractivity contribution in [2.24, 2.45) is 5.10 Å². The van der Waals surface area contributed by atoms with E-state index in [0.29, 0.717) is 6.61 Å². The Morgan fingerprint density at radius 2 is 1.85 bits per heavy atom. The molecule has 0 atom stereocenters. The van der Waals surface area contributed by atoms with Gasteiger partial charge in [-0.25, -0.2) is 4.98 Å². The lowest BCUT2D eigenvalue weighted by atomic mass is 10.2. The van der Waals surface area contributed by atoms with Gasteiger partial charge in [0.2, 0.25) is 5.13 Å². The molecule has 0 unspecified atom stereocenters. The summed E-state index contributed by atoms with van der Waals surface area (Å²) in [6.45, 7) is 3.72. The van der Waals surface area contributed by atoms with Gasteiger partial charge < -0.3 is 9.30 Å². The van der Waals surface area contributed by atoms with Crippen molar-refractivity contribution in [2.45, 2.75) is 26.3 Å². The average Bonchev–Trinajstić information content (AvgIpc) is 3.43. The number of nitrogens with zero attached hydrogens (tertiary/aromatic N) is 3.